The number of aromatic nitrogens is 1. The van der Waals surface area contributed by atoms with Gasteiger partial charge in [0.05, 0.1) is 47.1 Å². The second kappa shape index (κ2) is 13.4. The van der Waals surface area contributed by atoms with Crippen molar-refractivity contribution < 1.29 is 28.7 Å². The number of fused-ring (bicyclic) bond motifs is 1. The number of unbranched alkanes of at least 4 members (excludes halogenated alkanes) is 1. The van der Waals surface area contributed by atoms with Crippen LogP contribution in [0, 0.1) is 10.1 Å². The number of nitrogens with zero attached hydrogens (tertiary/aromatic N) is 3. The van der Waals surface area contributed by atoms with Crippen LogP contribution in [-0.4, -0.2) is 49.5 Å². The van der Waals surface area contributed by atoms with Crippen molar-refractivity contribution in [2.45, 2.75) is 32.7 Å². The van der Waals surface area contributed by atoms with Crippen molar-refractivity contribution in [3.05, 3.63) is 94.7 Å². The van der Waals surface area contributed by atoms with Gasteiger partial charge in [-0.1, -0.05) is 42.9 Å². The number of esters is 1. The molecule has 1 atom stereocenters. The second-order valence-electron chi connectivity index (χ2n) is 9.17. The number of hydrogen-bond donors (Lipinski definition) is 0. The zero-order chi connectivity index (χ0) is 29.5. The number of hydrogen-bond acceptors (Lipinski definition) is 10. The molecule has 0 radical (unpaired) electrons. The molecular formula is C29H31N3O8S. The van der Waals surface area contributed by atoms with Crippen LogP contribution in [0.25, 0.3) is 6.08 Å². The van der Waals surface area contributed by atoms with Crippen LogP contribution in [0.1, 0.15) is 43.9 Å². The van der Waals surface area contributed by atoms with Crippen molar-refractivity contribution in [3.63, 3.8) is 0 Å². The molecule has 0 fully saturated rings. The Labute approximate surface area is 240 Å². The highest BCUT2D eigenvalue weighted by molar-refractivity contribution is 7.07. The molecule has 4 rings (SSSR count). The minimum atomic E-state index is -0.868. The van der Waals surface area contributed by atoms with E-state index in [-0.39, 0.29) is 24.5 Å². The SMILES string of the molecule is CCCCOc1ccc(C2C(C(=O)OCCOC)=C(C)N=c3sc(=Cc4cccc([N+](=O)[O-])c4)c(=O)n32)cc1OC. The summed E-state index contributed by atoms with van der Waals surface area (Å²) in [6, 6.07) is 10.4. The van der Waals surface area contributed by atoms with Gasteiger partial charge in [0.15, 0.2) is 16.3 Å². The summed E-state index contributed by atoms with van der Waals surface area (Å²) < 4.78 is 23.7. The lowest BCUT2D eigenvalue weighted by atomic mass is 9.95. The van der Waals surface area contributed by atoms with Crippen LogP contribution in [-0.2, 0) is 14.3 Å². The van der Waals surface area contributed by atoms with E-state index in [2.05, 4.69) is 11.9 Å². The van der Waals surface area contributed by atoms with Crippen molar-refractivity contribution in [3.8, 4) is 11.5 Å². The third-order valence-corrected chi connectivity index (χ3v) is 7.38. The topological polar surface area (TPSA) is 131 Å². The Kier molecular flexibility index (Phi) is 9.69. The number of rotatable bonds is 12. The van der Waals surface area contributed by atoms with Crippen molar-refractivity contribution in [2.24, 2.45) is 4.99 Å². The number of thiazole rings is 1. The van der Waals surface area contributed by atoms with E-state index in [0.717, 1.165) is 24.2 Å². The molecule has 11 nitrogen and oxygen atoms in total. The van der Waals surface area contributed by atoms with Crippen molar-refractivity contribution in [1.82, 2.24) is 4.57 Å². The van der Waals surface area contributed by atoms with Gasteiger partial charge in [-0.05, 0) is 42.7 Å². The zero-order valence-electron chi connectivity index (χ0n) is 23.2. The molecule has 0 bridgehead atoms. The Morgan fingerprint density at radius 2 is 1.95 bits per heavy atom. The monoisotopic (exact) mass is 581 g/mol. The molecule has 2 heterocycles. The number of carbonyl (C=O) groups is 1. The van der Waals surface area contributed by atoms with Crippen LogP contribution in [0.3, 0.4) is 0 Å². The van der Waals surface area contributed by atoms with E-state index >= 15 is 0 Å². The fourth-order valence-electron chi connectivity index (χ4n) is 4.37. The number of ether oxygens (including phenoxy) is 4. The van der Waals surface area contributed by atoms with Gasteiger partial charge in [0.1, 0.15) is 6.61 Å². The summed E-state index contributed by atoms with van der Waals surface area (Å²) in [5.74, 6) is 0.385. The van der Waals surface area contributed by atoms with E-state index in [1.165, 1.54) is 30.9 Å². The first-order valence-electron chi connectivity index (χ1n) is 13.0. The Morgan fingerprint density at radius 1 is 1.15 bits per heavy atom. The summed E-state index contributed by atoms with van der Waals surface area (Å²) in [6.07, 6.45) is 3.44. The van der Waals surface area contributed by atoms with E-state index in [1.54, 1.807) is 43.3 Å². The molecule has 41 heavy (non-hydrogen) atoms. The number of nitro benzene ring substituents is 1. The van der Waals surface area contributed by atoms with Crippen LogP contribution in [0.5, 0.6) is 11.5 Å². The molecule has 12 heteroatoms. The number of nitro groups is 1. The number of allylic oxidation sites excluding steroid dienone is 1. The lowest BCUT2D eigenvalue weighted by Gasteiger charge is -2.25. The first-order valence-corrected chi connectivity index (χ1v) is 13.8. The number of non-ortho nitro benzene ring substituents is 1. The minimum Gasteiger partial charge on any atom is -0.493 e. The fourth-order valence-corrected chi connectivity index (χ4v) is 5.42. The first kappa shape index (κ1) is 29.7. The van der Waals surface area contributed by atoms with Gasteiger partial charge < -0.3 is 18.9 Å². The van der Waals surface area contributed by atoms with Crippen LogP contribution in [0.4, 0.5) is 5.69 Å². The molecule has 0 amide bonds. The molecule has 2 aromatic carbocycles. The second-order valence-corrected chi connectivity index (χ2v) is 10.2. The van der Waals surface area contributed by atoms with Gasteiger partial charge in [-0.3, -0.25) is 19.5 Å². The third-order valence-electron chi connectivity index (χ3n) is 6.40. The lowest BCUT2D eigenvalue weighted by molar-refractivity contribution is -0.384. The normalized spacial score (nSPS) is 14.8. The Hall–Kier alpha value is -4.29. The maximum absolute atomic E-state index is 13.8. The molecule has 0 saturated carbocycles. The number of carbonyl (C=O) groups excluding carboxylic acids is 1. The molecule has 0 spiro atoms. The molecule has 0 N–H and O–H groups in total. The lowest BCUT2D eigenvalue weighted by Crippen LogP contribution is -2.40. The Balaban J connectivity index is 1.87. The van der Waals surface area contributed by atoms with E-state index in [4.69, 9.17) is 18.9 Å². The smallest absolute Gasteiger partial charge is 0.338 e. The molecular weight excluding hydrogens is 550 g/mol. The van der Waals surface area contributed by atoms with Crippen molar-refractivity contribution >= 4 is 29.1 Å². The zero-order valence-corrected chi connectivity index (χ0v) is 24.1. The number of methoxy groups -OCH3 is 2. The molecule has 216 valence electrons. The summed E-state index contributed by atoms with van der Waals surface area (Å²) in [5, 5.41) is 11.2. The van der Waals surface area contributed by atoms with Gasteiger partial charge in [0.2, 0.25) is 0 Å². The quantitative estimate of drug-likeness (QED) is 0.137. The molecule has 1 aromatic heterocycles. The van der Waals surface area contributed by atoms with E-state index < -0.39 is 22.5 Å². The molecule has 3 aromatic rings. The molecule has 0 saturated heterocycles. The largest absolute Gasteiger partial charge is 0.493 e. The van der Waals surface area contributed by atoms with E-state index in [1.807, 2.05) is 0 Å². The average molecular weight is 582 g/mol. The summed E-state index contributed by atoms with van der Waals surface area (Å²) in [7, 11) is 3.03. The van der Waals surface area contributed by atoms with Crippen LogP contribution in [0.2, 0.25) is 0 Å². The van der Waals surface area contributed by atoms with Crippen LogP contribution in [0.15, 0.2) is 63.5 Å². The van der Waals surface area contributed by atoms with Gasteiger partial charge in [-0.15, -0.1) is 0 Å². The minimum absolute atomic E-state index is 0.0313. The van der Waals surface area contributed by atoms with Gasteiger partial charge in [-0.2, -0.15) is 0 Å². The summed E-state index contributed by atoms with van der Waals surface area (Å²) in [5.41, 5.74) is 1.21. The predicted octanol–water partition coefficient (Wildman–Crippen LogP) is 3.52. The van der Waals surface area contributed by atoms with E-state index in [0.29, 0.717) is 44.3 Å². The Bertz CT molecular complexity index is 1660. The first-order chi connectivity index (χ1) is 19.8. The highest BCUT2D eigenvalue weighted by Crippen LogP contribution is 2.36. The standard InChI is InChI=1S/C29H31N3O8S/c1-5-6-12-39-22-11-10-20(17-23(22)38-4)26-25(28(34)40-14-13-37-3)18(2)30-29-31(26)27(33)24(41-29)16-19-8-7-9-21(15-19)32(35)36/h7-11,15-17,26H,5-6,12-14H2,1-4H3. The van der Waals surface area contributed by atoms with Crippen molar-refractivity contribution in [2.75, 3.05) is 34.0 Å². The molecule has 1 aliphatic rings. The van der Waals surface area contributed by atoms with Crippen LogP contribution >= 0.6 is 11.3 Å². The highest BCUT2D eigenvalue weighted by Gasteiger charge is 2.34. The highest BCUT2D eigenvalue weighted by atomic mass is 32.1. The Morgan fingerprint density at radius 3 is 2.66 bits per heavy atom. The van der Waals surface area contributed by atoms with Gasteiger partial charge >= 0.3 is 5.97 Å². The number of benzene rings is 2. The molecule has 1 aliphatic heterocycles. The predicted molar refractivity (Wildman–Crippen MR) is 153 cm³/mol. The average Bonchev–Trinajstić information content (AvgIpc) is 3.26. The maximum atomic E-state index is 13.8. The maximum Gasteiger partial charge on any atom is 0.338 e. The van der Waals surface area contributed by atoms with Gasteiger partial charge in [0.25, 0.3) is 11.2 Å². The summed E-state index contributed by atoms with van der Waals surface area (Å²) >= 11 is 1.13. The van der Waals surface area contributed by atoms with Crippen molar-refractivity contribution in [1.29, 1.82) is 0 Å². The fraction of sp³-hybridized carbons (Fsp3) is 0.345. The third kappa shape index (κ3) is 6.55. The van der Waals surface area contributed by atoms with Gasteiger partial charge in [-0.25, -0.2) is 9.79 Å². The van der Waals surface area contributed by atoms with Gasteiger partial charge in [0, 0.05) is 19.2 Å². The summed E-state index contributed by atoms with van der Waals surface area (Å²) in [6.45, 7) is 4.53. The molecule has 0 aliphatic carbocycles. The summed E-state index contributed by atoms with van der Waals surface area (Å²) in [4.78, 5) is 42.9. The molecule has 1 unspecified atom stereocenters. The van der Waals surface area contributed by atoms with E-state index in [9.17, 15) is 19.7 Å². The van der Waals surface area contributed by atoms with Crippen LogP contribution < -0.4 is 24.4 Å².